The largest absolute Gasteiger partial charge is 0.478 e. The highest BCUT2D eigenvalue weighted by Gasteiger charge is 2.15. The molecule has 3 rings (SSSR count). The summed E-state index contributed by atoms with van der Waals surface area (Å²) < 4.78 is 0. The average Bonchev–Trinajstić information content (AvgIpc) is 2.78. The van der Waals surface area contributed by atoms with Crippen LogP contribution >= 0.6 is 11.6 Å². The molecule has 0 aromatic heterocycles. The van der Waals surface area contributed by atoms with E-state index in [4.69, 9.17) is 16.7 Å². The van der Waals surface area contributed by atoms with Gasteiger partial charge in [-0.1, -0.05) is 41.9 Å². The number of aliphatic hydroxyl groups is 1. The van der Waals surface area contributed by atoms with Crippen LogP contribution in [-0.4, -0.2) is 46.9 Å². The van der Waals surface area contributed by atoms with E-state index >= 15 is 0 Å². The number of hydrogen-bond donors (Lipinski definition) is 5. The quantitative estimate of drug-likeness (QED) is 0.292. The Hall–Kier alpha value is -3.39. The van der Waals surface area contributed by atoms with Crippen molar-refractivity contribution in [2.24, 2.45) is 0 Å². The predicted molar refractivity (Wildman–Crippen MR) is 124 cm³/mol. The first-order chi connectivity index (χ1) is 15.3. The van der Waals surface area contributed by atoms with Crippen LogP contribution in [0.15, 0.2) is 66.7 Å². The van der Waals surface area contributed by atoms with Gasteiger partial charge in [0.25, 0.3) is 0 Å². The standard InChI is InChI=1S/C24H23ClN2O5/c25-18-5-1-4-16(11-18)22(28)14-26-9-10-27-19-6-2-3-15(12-19)20-8-7-17(23(29)30)13-21(20)24(31)32/h1-8,11-13,22,26-28H,9-10,14H2,(H,29,30)(H,31,32)/t22-/m0/s1. The monoisotopic (exact) mass is 454 g/mol. The lowest BCUT2D eigenvalue weighted by Gasteiger charge is -2.14. The van der Waals surface area contributed by atoms with Crippen LogP contribution in [-0.2, 0) is 0 Å². The van der Waals surface area contributed by atoms with Gasteiger partial charge in [0, 0.05) is 30.3 Å². The second-order valence-electron chi connectivity index (χ2n) is 7.15. The molecule has 0 heterocycles. The molecule has 0 amide bonds. The van der Waals surface area contributed by atoms with Crippen molar-refractivity contribution in [2.45, 2.75) is 6.10 Å². The smallest absolute Gasteiger partial charge is 0.336 e. The highest BCUT2D eigenvalue weighted by Crippen LogP contribution is 2.27. The van der Waals surface area contributed by atoms with Crippen molar-refractivity contribution in [1.82, 2.24) is 5.32 Å². The Kier molecular flexibility index (Phi) is 7.83. The normalized spacial score (nSPS) is 11.7. The van der Waals surface area contributed by atoms with Crippen LogP contribution in [0.2, 0.25) is 5.02 Å². The van der Waals surface area contributed by atoms with Crippen LogP contribution in [0.25, 0.3) is 11.1 Å². The van der Waals surface area contributed by atoms with Crippen molar-refractivity contribution in [3.8, 4) is 11.1 Å². The molecule has 0 saturated carbocycles. The summed E-state index contributed by atoms with van der Waals surface area (Å²) in [6, 6.07) is 18.4. The topological polar surface area (TPSA) is 119 Å². The van der Waals surface area contributed by atoms with Gasteiger partial charge in [-0.15, -0.1) is 0 Å². The summed E-state index contributed by atoms with van der Waals surface area (Å²) in [7, 11) is 0. The fourth-order valence-electron chi connectivity index (χ4n) is 3.27. The minimum Gasteiger partial charge on any atom is -0.478 e. The average molecular weight is 455 g/mol. The number of rotatable bonds is 10. The number of hydrogen-bond acceptors (Lipinski definition) is 5. The van der Waals surface area contributed by atoms with Crippen molar-refractivity contribution in [2.75, 3.05) is 25.0 Å². The van der Waals surface area contributed by atoms with Crippen LogP contribution in [0.4, 0.5) is 5.69 Å². The molecule has 32 heavy (non-hydrogen) atoms. The van der Waals surface area contributed by atoms with Crippen molar-refractivity contribution in [1.29, 1.82) is 0 Å². The summed E-state index contributed by atoms with van der Waals surface area (Å²) in [5.41, 5.74) is 2.49. The third-order valence-electron chi connectivity index (χ3n) is 4.87. The SMILES string of the molecule is O=C(O)c1ccc(-c2cccc(NCCNC[C@H](O)c3cccc(Cl)c3)c2)c(C(=O)O)c1. The minimum atomic E-state index is -1.19. The number of nitrogens with one attached hydrogen (secondary N) is 2. The molecule has 7 nitrogen and oxygen atoms in total. The Bertz CT molecular complexity index is 1120. The van der Waals surface area contributed by atoms with Gasteiger partial charge >= 0.3 is 11.9 Å². The molecule has 0 fully saturated rings. The van der Waals surface area contributed by atoms with Crippen molar-refractivity contribution in [3.05, 3.63) is 88.4 Å². The lowest BCUT2D eigenvalue weighted by Crippen LogP contribution is -2.26. The lowest BCUT2D eigenvalue weighted by molar-refractivity contribution is 0.0696. The molecule has 8 heteroatoms. The zero-order valence-electron chi connectivity index (χ0n) is 17.1. The summed E-state index contributed by atoms with van der Waals surface area (Å²) in [4.78, 5) is 22.8. The van der Waals surface area contributed by atoms with E-state index < -0.39 is 18.0 Å². The Labute approximate surface area is 190 Å². The van der Waals surface area contributed by atoms with Crippen molar-refractivity contribution < 1.29 is 24.9 Å². The number of carbonyl (C=O) groups is 2. The molecule has 3 aromatic carbocycles. The van der Waals surface area contributed by atoms with Crippen LogP contribution < -0.4 is 10.6 Å². The predicted octanol–water partition coefficient (Wildman–Crippen LogP) is 4.14. The molecular weight excluding hydrogens is 432 g/mol. The molecule has 0 unspecified atom stereocenters. The first-order valence-electron chi connectivity index (χ1n) is 9.94. The number of benzene rings is 3. The zero-order chi connectivity index (χ0) is 23.1. The van der Waals surface area contributed by atoms with Gasteiger partial charge in [0.2, 0.25) is 0 Å². The van der Waals surface area contributed by atoms with Gasteiger partial charge in [-0.3, -0.25) is 0 Å². The third kappa shape index (κ3) is 6.07. The maximum atomic E-state index is 11.6. The molecule has 0 spiro atoms. The summed E-state index contributed by atoms with van der Waals surface area (Å²) in [6.07, 6.45) is -0.666. The van der Waals surface area contributed by atoms with Crippen molar-refractivity contribution >= 4 is 29.2 Å². The van der Waals surface area contributed by atoms with E-state index in [1.807, 2.05) is 18.2 Å². The van der Waals surface area contributed by atoms with E-state index in [2.05, 4.69) is 10.6 Å². The van der Waals surface area contributed by atoms with E-state index in [-0.39, 0.29) is 11.1 Å². The molecule has 5 N–H and O–H groups in total. The van der Waals surface area contributed by atoms with E-state index in [1.165, 1.54) is 12.1 Å². The van der Waals surface area contributed by atoms with Gasteiger partial charge in [0.15, 0.2) is 0 Å². The molecule has 0 aliphatic heterocycles. The lowest BCUT2D eigenvalue weighted by atomic mass is 9.97. The molecule has 1 atom stereocenters. The highest BCUT2D eigenvalue weighted by atomic mass is 35.5. The molecule has 166 valence electrons. The summed E-state index contributed by atoms with van der Waals surface area (Å²) in [5, 5.41) is 35.8. The molecule has 0 saturated heterocycles. The third-order valence-corrected chi connectivity index (χ3v) is 5.11. The number of anilines is 1. The fourth-order valence-corrected chi connectivity index (χ4v) is 3.47. The van der Waals surface area contributed by atoms with E-state index in [9.17, 15) is 19.8 Å². The fraction of sp³-hybridized carbons (Fsp3) is 0.167. The molecule has 0 bridgehead atoms. The van der Waals surface area contributed by atoms with Crippen LogP contribution in [0.1, 0.15) is 32.4 Å². The number of carboxylic acids is 2. The maximum absolute atomic E-state index is 11.6. The molecular formula is C24H23ClN2O5. The number of aliphatic hydroxyl groups excluding tert-OH is 1. The number of aromatic carboxylic acids is 2. The van der Waals surface area contributed by atoms with Gasteiger partial charge in [-0.2, -0.15) is 0 Å². The van der Waals surface area contributed by atoms with Gasteiger partial charge < -0.3 is 26.0 Å². The van der Waals surface area contributed by atoms with Gasteiger partial charge in [-0.25, -0.2) is 9.59 Å². The Morgan fingerprint density at radius 3 is 2.41 bits per heavy atom. The van der Waals surface area contributed by atoms with Gasteiger partial charge in [0.1, 0.15) is 0 Å². The van der Waals surface area contributed by atoms with Gasteiger partial charge in [-0.05, 0) is 53.1 Å². The van der Waals surface area contributed by atoms with E-state index in [0.717, 1.165) is 17.3 Å². The zero-order valence-corrected chi connectivity index (χ0v) is 17.8. The first kappa shape index (κ1) is 23.3. The van der Waals surface area contributed by atoms with Crippen LogP contribution in [0.3, 0.4) is 0 Å². The summed E-state index contributed by atoms with van der Waals surface area (Å²) in [5.74, 6) is -2.37. The summed E-state index contributed by atoms with van der Waals surface area (Å²) in [6.45, 7) is 1.55. The molecule has 0 aliphatic carbocycles. The summed E-state index contributed by atoms with van der Waals surface area (Å²) >= 11 is 5.95. The first-order valence-corrected chi connectivity index (χ1v) is 10.3. The molecule has 3 aromatic rings. The minimum absolute atomic E-state index is 0.0706. The Balaban J connectivity index is 1.59. The molecule has 0 radical (unpaired) electrons. The Morgan fingerprint density at radius 1 is 0.906 bits per heavy atom. The molecule has 0 aliphatic rings. The maximum Gasteiger partial charge on any atom is 0.336 e. The second kappa shape index (κ2) is 10.8. The van der Waals surface area contributed by atoms with Crippen molar-refractivity contribution in [3.63, 3.8) is 0 Å². The Morgan fingerprint density at radius 2 is 1.69 bits per heavy atom. The second-order valence-corrected chi connectivity index (χ2v) is 7.59. The van der Waals surface area contributed by atoms with Gasteiger partial charge in [0.05, 0.1) is 17.2 Å². The number of halogens is 1. The highest BCUT2D eigenvalue weighted by molar-refractivity contribution is 6.30. The van der Waals surface area contributed by atoms with E-state index in [0.29, 0.717) is 35.8 Å². The van der Waals surface area contributed by atoms with Crippen LogP contribution in [0, 0.1) is 0 Å². The number of carboxylic acid groups (broad SMARTS) is 2. The van der Waals surface area contributed by atoms with Crippen LogP contribution in [0.5, 0.6) is 0 Å². The van der Waals surface area contributed by atoms with E-state index in [1.54, 1.807) is 30.3 Å².